The van der Waals surface area contributed by atoms with Gasteiger partial charge in [0.2, 0.25) is 0 Å². The highest BCUT2D eigenvalue weighted by Crippen LogP contribution is 2.33. The second-order valence-electron chi connectivity index (χ2n) is 5.92. The fraction of sp³-hybridized carbons (Fsp3) is 0.800. The SMILES string of the molecule is CCC1CCC(O)(CNCc2sc(C)nc2C)CC1. The molecule has 0 amide bonds. The molecule has 0 radical (unpaired) electrons. The summed E-state index contributed by atoms with van der Waals surface area (Å²) in [7, 11) is 0. The molecule has 4 heteroatoms. The molecule has 1 fully saturated rings. The average molecular weight is 282 g/mol. The first-order chi connectivity index (χ1) is 9.02. The van der Waals surface area contributed by atoms with E-state index in [0.717, 1.165) is 36.0 Å². The van der Waals surface area contributed by atoms with Crippen molar-refractivity contribution < 1.29 is 5.11 Å². The number of aliphatic hydroxyl groups is 1. The van der Waals surface area contributed by atoms with Crippen LogP contribution in [0.15, 0.2) is 0 Å². The fourth-order valence-electron chi connectivity index (χ4n) is 2.95. The van der Waals surface area contributed by atoms with Crippen LogP contribution in [0, 0.1) is 19.8 Å². The molecule has 0 unspecified atom stereocenters. The Morgan fingerprint density at radius 1 is 1.37 bits per heavy atom. The van der Waals surface area contributed by atoms with Crippen LogP contribution in [0.25, 0.3) is 0 Å². The fourth-order valence-corrected chi connectivity index (χ4v) is 3.85. The first kappa shape index (κ1) is 14.9. The van der Waals surface area contributed by atoms with Crippen LogP contribution in [-0.4, -0.2) is 22.2 Å². The standard InChI is InChI=1S/C15H26N2OS/c1-4-13-5-7-15(18,8-6-13)10-16-9-14-11(2)17-12(3)19-14/h13,16,18H,4-10H2,1-3H3. The van der Waals surface area contributed by atoms with Crippen LogP contribution in [0.2, 0.25) is 0 Å². The van der Waals surface area contributed by atoms with Gasteiger partial charge in [-0.3, -0.25) is 0 Å². The van der Waals surface area contributed by atoms with E-state index in [4.69, 9.17) is 0 Å². The lowest BCUT2D eigenvalue weighted by molar-refractivity contribution is -0.00877. The zero-order valence-corrected chi connectivity index (χ0v) is 13.1. The first-order valence-corrected chi connectivity index (χ1v) is 8.20. The highest BCUT2D eigenvalue weighted by atomic mass is 32.1. The smallest absolute Gasteiger partial charge is 0.0900 e. The average Bonchev–Trinajstić information content (AvgIpc) is 2.69. The molecule has 0 saturated heterocycles. The van der Waals surface area contributed by atoms with Crippen LogP contribution in [0.4, 0.5) is 0 Å². The van der Waals surface area contributed by atoms with E-state index in [1.165, 1.54) is 24.1 Å². The Kier molecular flexibility index (Phi) is 4.98. The third-order valence-electron chi connectivity index (χ3n) is 4.35. The topological polar surface area (TPSA) is 45.1 Å². The number of aromatic nitrogens is 1. The monoisotopic (exact) mass is 282 g/mol. The molecule has 0 atom stereocenters. The summed E-state index contributed by atoms with van der Waals surface area (Å²) in [6.07, 6.45) is 5.49. The van der Waals surface area contributed by atoms with Gasteiger partial charge in [-0.15, -0.1) is 11.3 Å². The van der Waals surface area contributed by atoms with Crippen molar-refractivity contribution in [3.05, 3.63) is 15.6 Å². The molecule has 1 saturated carbocycles. The summed E-state index contributed by atoms with van der Waals surface area (Å²) >= 11 is 1.75. The third kappa shape index (κ3) is 4.01. The maximum absolute atomic E-state index is 10.6. The van der Waals surface area contributed by atoms with E-state index >= 15 is 0 Å². The van der Waals surface area contributed by atoms with Gasteiger partial charge in [-0.05, 0) is 45.4 Å². The lowest BCUT2D eigenvalue weighted by Crippen LogP contribution is -2.43. The van der Waals surface area contributed by atoms with Crippen molar-refractivity contribution in [2.75, 3.05) is 6.54 Å². The Balaban J connectivity index is 1.78. The summed E-state index contributed by atoms with van der Waals surface area (Å²) in [6, 6.07) is 0. The van der Waals surface area contributed by atoms with Crippen molar-refractivity contribution in [1.29, 1.82) is 0 Å². The predicted octanol–water partition coefficient (Wildman–Crippen LogP) is 3.18. The summed E-state index contributed by atoms with van der Waals surface area (Å²) in [5.41, 5.74) is 0.635. The number of aryl methyl sites for hydroxylation is 2. The normalized spacial score (nSPS) is 27.7. The van der Waals surface area contributed by atoms with E-state index < -0.39 is 5.60 Å². The van der Waals surface area contributed by atoms with Gasteiger partial charge >= 0.3 is 0 Å². The summed E-state index contributed by atoms with van der Waals surface area (Å²) in [5, 5.41) is 15.1. The van der Waals surface area contributed by atoms with Crippen LogP contribution in [0.5, 0.6) is 0 Å². The second kappa shape index (κ2) is 6.33. The molecule has 1 aromatic rings. The molecule has 2 N–H and O–H groups in total. The predicted molar refractivity (Wildman–Crippen MR) is 80.5 cm³/mol. The molecule has 19 heavy (non-hydrogen) atoms. The number of nitrogens with one attached hydrogen (secondary N) is 1. The zero-order valence-electron chi connectivity index (χ0n) is 12.3. The molecular weight excluding hydrogens is 256 g/mol. The maximum atomic E-state index is 10.6. The zero-order chi connectivity index (χ0) is 13.9. The van der Waals surface area contributed by atoms with Crippen molar-refractivity contribution in [3.8, 4) is 0 Å². The van der Waals surface area contributed by atoms with Gasteiger partial charge in [-0.2, -0.15) is 0 Å². The van der Waals surface area contributed by atoms with Gasteiger partial charge in [0.15, 0.2) is 0 Å². The van der Waals surface area contributed by atoms with Crippen LogP contribution in [-0.2, 0) is 6.54 Å². The maximum Gasteiger partial charge on any atom is 0.0900 e. The van der Waals surface area contributed by atoms with E-state index in [9.17, 15) is 5.11 Å². The van der Waals surface area contributed by atoms with Gasteiger partial charge in [0.1, 0.15) is 0 Å². The number of hydrogen-bond donors (Lipinski definition) is 2. The number of nitrogens with zero attached hydrogens (tertiary/aromatic N) is 1. The highest BCUT2D eigenvalue weighted by molar-refractivity contribution is 7.11. The number of hydrogen-bond acceptors (Lipinski definition) is 4. The molecule has 0 aromatic carbocycles. The van der Waals surface area contributed by atoms with Crippen LogP contribution < -0.4 is 5.32 Å². The van der Waals surface area contributed by atoms with Crippen LogP contribution in [0.3, 0.4) is 0 Å². The second-order valence-corrected chi connectivity index (χ2v) is 7.21. The van der Waals surface area contributed by atoms with E-state index in [1.54, 1.807) is 11.3 Å². The van der Waals surface area contributed by atoms with Gasteiger partial charge in [0.25, 0.3) is 0 Å². The number of rotatable bonds is 5. The molecule has 1 aromatic heterocycles. The lowest BCUT2D eigenvalue weighted by Gasteiger charge is -2.36. The summed E-state index contributed by atoms with van der Waals surface area (Å²) in [6.45, 7) is 7.89. The molecule has 0 spiro atoms. The Labute approximate surface area is 120 Å². The molecule has 3 nitrogen and oxygen atoms in total. The minimum atomic E-state index is -0.487. The Hall–Kier alpha value is -0.450. The quantitative estimate of drug-likeness (QED) is 0.872. The molecule has 0 bridgehead atoms. The van der Waals surface area contributed by atoms with E-state index in [0.29, 0.717) is 6.54 Å². The minimum absolute atomic E-state index is 0.487. The molecule has 0 aliphatic heterocycles. The van der Waals surface area contributed by atoms with Crippen molar-refractivity contribution in [2.24, 2.45) is 5.92 Å². The van der Waals surface area contributed by atoms with Crippen molar-refractivity contribution in [2.45, 2.75) is 65.0 Å². The van der Waals surface area contributed by atoms with Crippen LogP contribution in [0.1, 0.15) is 54.6 Å². The van der Waals surface area contributed by atoms with Gasteiger partial charge in [0, 0.05) is 18.0 Å². The number of thiazole rings is 1. The highest BCUT2D eigenvalue weighted by Gasteiger charge is 2.32. The lowest BCUT2D eigenvalue weighted by atomic mass is 9.78. The van der Waals surface area contributed by atoms with Gasteiger partial charge in [-0.25, -0.2) is 4.98 Å². The Morgan fingerprint density at radius 3 is 2.58 bits per heavy atom. The summed E-state index contributed by atoms with van der Waals surface area (Å²) in [5.74, 6) is 0.826. The van der Waals surface area contributed by atoms with Gasteiger partial charge in [0.05, 0.1) is 16.3 Å². The van der Waals surface area contributed by atoms with Crippen LogP contribution >= 0.6 is 11.3 Å². The Morgan fingerprint density at radius 2 is 2.05 bits per heavy atom. The van der Waals surface area contributed by atoms with E-state index in [1.807, 2.05) is 6.92 Å². The van der Waals surface area contributed by atoms with Gasteiger partial charge < -0.3 is 10.4 Å². The minimum Gasteiger partial charge on any atom is -0.389 e. The van der Waals surface area contributed by atoms with Crippen molar-refractivity contribution in [3.63, 3.8) is 0 Å². The molecule has 1 heterocycles. The third-order valence-corrected chi connectivity index (χ3v) is 5.43. The largest absolute Gasteiger partial charge is 0.389 e. The van der Waals surface area contributed by atoms with Gasteiger partial charge in [-0.1, -0.05) is 13.3 Å². The van der Waals surface area contributed by atoms with Crippen molar-refractivity contribution >= 4 is 11.3 Å². The molecule has 1 aliphatic rings. The summed E-state index contributed by atoms with van der Waals surface area (Å²) < 4.78 is 0. The molecule has 2 rings (SSSR count). The Bertz CT molecular complexity index is 408. The molecular formula is C15H26N2OS. The molecule has 108 valence electrons. The summed E-state index contributed by atoms with van der Waals surface area (Å²) in [4.78, 5) is 5.73. The molecule has 1 aliphatic carbocycles. The van der Waals surface area contributed by atoms with Crippen molar-refractivity contribution in [1.82, 2.24) is 10.3 Å². The van der Waals surface area contributed by atoms with E-state index in [2.05, 4.69) is 24.1 Å². The first-order valence-electron chi connectivity index (χ1n) is 7.38. The van der Waals surface area contributed by atoms with E-state index in [-0.39, 0.29) is 0 Å².